The Balaban J connectivity index is 1.41. The van der Waals surface area contributed by atoms with Crippen LogP contribution in [0, 0.1) is 0 Å². The van der Waals surface area contributed by atoms with Gasteiger partial charge in [-0.3, -0.25) is 9.69 Å². The average Bonchev–Trinajstić information content (AvgIpc) is 2.69. The molecule has 2 aromatic rings. The second kappa shape index (κ2) is 10.1. The Kier molecular flexibility index (Phi) is 7.57. The highest BCUT2D eigenvalue weighted by molar-refractivity contribution is 6.42. The third-order valence-corrected chi connectivity index (χ3v) is 5.50. The van der Waals surface area contributed by atoms with Crippen LogP contribution in [0.2, 0.25) is 10.0 Å². The van der Waals surface area contributed by atoms with Crippen molar-refractivity contribution in [2.45, 2.75) is 25.5 Å². The molecule has 1 aliphatic rings. The van der Waals surface area contributed by atoms with Gasteiger partial charge < -0.3 is 15.8 Å². The Bertz CT molecular complexity index is 799. The van der Waals surface area contributed by atoms with Crippen molar-refractivity contribution >= 4 is 34.8 Å². The van der Waals surface area contributed by atoms with E-state index < -0.39 is 0 Å². The number of ether oxygens (including phenoxy) is 1. The van der Waals surface area contributed by atoms with Gasteiger partial charge in [0.25, 0.3) is 0 Å². The SMILES string of the molecule is Nc1ccc(CCC(=O)NC[C@H]2CN(Cc3ccc(Cl)c(Cl)c3)CCO2)cc1. The minimum atomic E-state index is -0.0167. The number of nitrogens with two attached hydrogens (primary N) is 1. The zero-order valence-corrected chi connectivity index (χ0v) is 17.2. The predicted molar refractivity (Wildman–Crippen MR) is 114 cm³/mol. The molecule has 0 radical (unpaired) electrons. The minimum Gasteiger partial charge on any atom is -0.399 e. The van der Waals surface area contributed by atoms with Gasteiger partial charge in [-0.05, 0) is 41.8 Å². The van der Waals surface area contributed by atoms with Crippen molar-refractivity contribution in [1.29, 1.82) is 0 Å². The normalized spacial score (nSPS) is 17.4. The fourth-order valence-corrected chi connectivity index (χ4v) is 3.52. The highest BCUT2D eigenvalue weighted by Crippen LogP contribution is 2.23. The number of nitrogens with one attached hydrogen (secondary N) is 1. The smallest absolute Gasteiger partial charge is 0.220 e. The molecule has 2 aromatic carbocycles. The van der Waals surface area contributed by atoms with E-state index in [1.807, 2.05) is 42.5 Å². The average molecular weight is 422 g/mol. The zero-order valence-electron chi connectivity index (χ0n) is 15.7. The Morgan fingerprint density at radius 1 is 1.14 bits per heavy atom. The topological polar surface area (TPSA) is 67.6 Å². The lowest BCUT2D eigenvalue weighted by Crippen LogP contribution is -2.47. The number of nitrogens with zero attached hydrogens (tertiary/aromatic N) is 1. The number of carbonyl (C=O) groups excluding carboxylic acids is 1. The Morgan fingerprint density at radius 3 is 2.64 bits per heavy atom. The fraction of sp³-hybridized carbons (Fsp3) is 0.381. The van der Waals surface area contributed by atoms with E-state index in [1.54, 1.807) is 0 Å². The number of anilines is 1. The molecule has 1 atom stereocenters. The van der Waals surface area contributed by atoms with Crippen LogP contribution in [0.15, 0.2) is 42.5 Å². The van der Waals surface area contributed by atoms with Gasteiger partial charge >= 0.3 is 0 Å². The first-order chi connectivity index (χ1) is 13.5. The summed E-state index contributed by atoms with van der Waals surface area (Å²) in [6, 6.07) is 13.3. The van der Waals surface area contributed by atoms with Gasteiger partial charge in [-0.2, -0.15) is 0 Å². The number of amides is 1. The van der Waals surface area contributed by atoms with Crippen LogP contribution in [0.25, 0.3) is 0 Å². The van der Waals surface area contributed by atoms with Crippen molar-refractivity contribution in [2.24, 2.45) is 0 Å². The molecule has 0 saturated carbocycles. The van der Waals surface area contributed by atoms with Crippen molar-refractivity contribution in [3.05, 3.63) is 63.6 Å². The van der Waals surface area contributed by atoms with E-state index in [1.165, 1.54) is 0 Å². The first-order valence-electron chi connectivity index (χ1n) is 9.38. The van der Waals surface area contributed by atoms with E-state index >= 15 is 0 Å². The van der Waals surface area contributed by atoms with Gasteiger partial charge in [0.2, 0.25) is 5.91 Å². The van der Waals surface area contributed by atoms with Gasteiger partial charge in [0.05, 0.1) is 22.8 Å². The molecule has 1 heterocycles. The molecular weight excluding hydrogens is 397 g/mol. The summed E-state index contributed by atoms with van der Waals surface area (Å²) in [6.45, 7) is 3.55. The van der Waals surface area contributed by atoms with Gasteiger partial charge in [-0.15, -0.1) is 0 Å². The molecule has 1 fully saturated rings. The van der Waals surface area contributed by atoms with Crippen LogP contribution in [0.3, 0.4) is 0 Å². The third-order valence-electron chi connectivity index (χ3n) is 4.76. The van der Waals surface area contributed by atoms with Crippen LogP contribution in [0.4, 0.5) is 5.69 Å². The number of hydrogen-bond donors (Lipinski definition) is 2. The van der Waals surface area contributed by atoms with Crippen molar-refractivity contribution in [3.8, 4) is 0 Å². The Morgan fingerprint density at radius 2 is 1.89 bits per heavy atom. The molecule has 3 rings (SSSR count). The van der Waals surface area contributed by atoms with Crippen LogP contribution < -0.4 is 11.1 Å². The summed E-state index contributed by atoms with van der Waals surface area (Å²) in [4.78, 5) is 14.4. The van der Waals surface area contributed by atoms with Gasteiger partial charge in [0.15, 0.2) is 0 Å². The van der Waals surface area contributed by atoms with Crippen LogP contribution in [0.5, 0.6) is 0 Å². The van der Waals surface area contributed by atoms with Gasteiger partial charge in [-0.25, -0.2) is 0 Å². The molecule has 0 aromatic heterocycles. The molecule has 1 amide bonds. The largest absolute Gasteiger partial charge is 0.399 e. The first-order valence-corrected chi connectivity index (χ1v) is 10.1. The van der Waals surface area contributed by atoms with Crippen LogP contribution >= 0.6 is 23.2 Å². The number of nitrogen functional groups attached to an aromatic ring is 1. The van der Waals surface area contributed by atoms with Gasteiger partial charge in [-0.1, -0.05) is 41.4 Å². The van der Waals surface area contributed by atoms with Crippen LogP contribution in [-0.4, -0.2) is 43.2 Å². The maximum Gasteiger partial charge on any atom is 0.220 e. The van der Waals surface area contributed by atoms with Crippen LogP contribution in [0.1, 0.15) is 17.5 Å². The molecule has 150 valence electrons. The molecule has 7 heteroatoms. The zero-order chi connectivity index (χ0) is 19.9. The van der Waals surface area contributed by atoms with Crippen molar-refractivity contribution in [2.75, 3.05) is 32.0 Å². The molecule has 5 nitrogen and oxygen atoms in total. The minimum absolute atomic E-state index is 0.0167. The van der Waals surface area contributed by atoms with E-state index in [2.05, 4.69) is 10.2 Å². The Hall–Kier alpha value is -1.79. The number of aryl methyl sites for hydroxylation is 1. The molecule has 3 N–H and O–H groups in total. The molecule has 1 aliphatic heterocycles. The molecule has 0 unspecified atom stereocenters. The monoisotopic (exact) mass is 421 g/mol. The molecule has 0 aliphatic carbocycles. The first kappa shape index (κ1) is 20.9. The highest BCUT2D eigenvalue weighted by atomic mass is 35.5. The van der Waals surface area contributed by atoms with E-state index in [0.29, 0.717) is 36.0 Å². The van der Waals surface area contributed by atoms with Gasteiger partial charge in [0.1, 0.15) is 0 Å². The summed E-state index contributed by atoms with van der Waals surface area (Å²) < 4.78 is 5.80. The number of rotatable bonds is 7. The second-order valence-corrected chi connectivity index (χ2v) is 7.84. The third kappa shape index (κ3) is 6.38. The maximum atomic E-state index is 12.1. The second-order valence-electron chi connectivity index (χ2n) is 7.02. The maximum absolute atomic E-state index is 12.1. The summed E-state index contributed by atoms with van der Waals surface area (Å²) in [7, 11) is 0. The number of hydrogen-bond acceptors (Lipinski definition) is 4. The molecular formula is C21H25Cl2N3O2. The molecule has 0 bridgehead atoms. The summed E-state index contributed by atoms with van der Waals surface area (Å²) in [5.74, 6) is 0.0297. The van der Waals surface area contributed by atoms with E-state index in [9.17, 15) is 4.79 Å². The predicted octanol–water partition coefficient (Wildman–Crippen LogP) is 3.53. The molecule has 0 spiro atoms. The number of halogens is 2. The Labute approximate surface area is 175 Å². The summed E-state index contributed by atoms with van der Waals surface area (Å²) in [5, 5.41) is 4.11. The lowest BCUT2D eigenvalue weighted by Gasteiger charge is -2.33. The van der Waals surface area contributed by atoms with E-state index in [4.69, 9.17) is 33.7 Å². The quantitative estimate of drug-likeness (QED) is 0.670. The van der Waals surface area contributed by atoms with Crippen molar-refractivity contribution in [3.63, 3.8) is 0 Å². The highest BCUT2D eigenvalue weighted by Gasteiger charge is 2.21. The standard InChI is InChI=1S/C21H25Cl2N3O2/c22-19-7-3-16(11-20(19)23)13-26-9-10-28-18(14-26)12-25-21(27)8-4-15-1-5-17(24)6-2-15/h1-3,5-7,11,18H,4,8-10,12-14,24H2,(H,25,27)/t18-/m0/s1. The fourth-order valence-electron chi connectivity index (χ4n) is 3.20. The van der Waals surface area contributed by atoms with Gasteiger partial charge in [0, 0.05) is 38.3 Å². The summed E-state index contributed by atoms with van der Waals surface area (Å²) >= 11 is 12.1. The molecule has 1 saturated heterocycles. The number of benzene rings is 2. The number of morpholine rings is 1. The van der Waals surface area contributed by atoms with Crippen molar-refractivity contribution < 1.29 is 9.53 Å². The van der Waals surface area contributed by atoms with Crippen molar-refractivity contribution in [1.82, 2.24) is 10.2 Å². The summed E-state index contributed by atoms with van der Waals surface area (Å²) in [6.07, 6.45) is 1.13. The molecule has 28 heavy (non-hydrogen) atoms. The van der Waals surface area contributed by atoms with E-state index in [-0.39, 0.29) is 12.0 Å². The summed E-state index contributed by atoms with van der Waals surface area (Å²) in [5.41, 5.74) is 8.62. The number of carbonyl (C=O) groups is 1. The lowest BCUT2D eigenvalue weighted by molar-refractivity contribution is -0.122. The lowest BCUT2D eigenvalue weighted by atomic mass is 10.1. The van der Waals surface area contributed by atoms with E-state index in [0.717, 1.165) is 36.4 Å². The van der Waals surface area contributed by atoms with Crippen LogP contribution in [-0.2, 0) is 22.5 Å².